The van der Waals surface area contributed by atoms with Crippen LogP contribution in [0.25, 0.3) is 10.8 Å². The second-order valence-corrected chi connectivity index (χ2v) is 4.02. The molecule has 3 heteroatoms. The Morgan fingerprint density at radius 1 is 1.06 bits per heavy atom. The highest BCUT2D eigenvalue weighted by molar-refractivity contribution is 5.85. The molecular weight excluding hydrogens is 210 g/mol. The van der Waals surface area contributed by atoms with E-state index in [1.54, 1.807) is 0 Å². The minimum absolute atomic E-state index is 0.787. The van der Waals surface area contributed by atoms with Gasteiger partial charge in [0.2, 0.25) is 0 Å². The average Bonchev–Trinajstić information content (AvgIpc) is 2.89. The van der Waals surface area contributed by atoms with Crippen molar-refractivity contribution in [3.63, 3.8) is 0 Å². The normalized spacial score (nSPS) is 10.6. The van der Waals surface area contributed by atoms with E-state index in [2.05, 4.69) is 58.0 Å². The van der Waals surface area contributed by atoms with Crippen molar-refractivity contribution in [2.24, 2.45) is 0 Å². The van der Waals surface area contributed by atoms with Crippen LogP contribution in [0, 0.1) is 0 Å². The Kier molecular flexibility index (Phi) is 2.50. The Hall–Kier alpha value is -2.29. The van der Waals surface area contributed by atoms with E-state index in [4.69, 9.17) is 0 Å². The van der Waals surface area contributed by atoms with E-state index in [1.165, 1.54) is 10.8 Å². The molecule has 0 aliphatic heterocycles. The fourth-order valence-electron chi connectivity index (χ4n) is 1.88. The van der Waals surface area contributed by atoms with Gasteiger partial charge in [-0.25, -0.2) is 0 Å². The number of fused-ring (bicyclic) bond motifs is 1. The van der Waals surface area contributed by atoms with Gasteiger partial charge in [0.1, 0.15) is 0 Å². The number of hydrogen-bond donors (Lipinski definition) is 2. The SMILES string of the molecule is c1ccc2cc(NCc3cn[nH]c3)ccc2c1. The topological polar surface area (TPSA) is 40.7 Å². The molecular formula is C14H13N3. The Morgan fingerprint density at radius 2 is 1.94 bits per heavy atom. The lowest BCUT2D eigenvalue weighted by molar-refractivity contribution is 1.09. The molecule has 3 rings (SSSR count). The minimum Gasteiger partial charge on any atom is -0.381 e. The molecule has 3 nitrogen and oxygen atoms in total. The molecule has 2 N–H and O–H groups in total. The third kappa shape index (κ3) is 2.13. The summed E-state index contributed by atoms with van der Waals surface area (Å²) in [6.07, 6.45) is 3.72. The Labute approximate surface area is 99.5 Å². The van der Waals surface area contributed by atoms with Crippen molar-refractivity contribution in [3.05, 3.63) is 60.4 Å². The van der Waals surface area contributed by atoms with Gasteiger partial charge in [-0.15, -0.1) is 0 Å². The zero-order chi connectivity index (χ0) is 11.5. The molecule has 0 saturated heterocycles. The lowest BCUT2D eigenvalue weighted by Crippen LogP contribution is -1.97. The summed E-state index contributed by atoms with van der Waals surface area (Å²) >= 11 is 0. The maximum Gasteiger partial charge on any atom is 0.0537 e. The zero-order valence-corrected chi connectivity index (χ0v) is 9.35. The lowest BCUT2D eigenvalue weighted by atomic mass is 10.1. The van der Waals surface area contributed by atoms with Crippen molar-refractivity contribution in [3.8, 4) is 0 Å². The maximum atomic E-state index is 3.92. The van der Waals surface area contributed by atoms with Gasteiger partial charge in [0, 0.05) is 24.0 Å². The van der Waals surface area contributed by atoms with Gasteiger partial charge < -0.3 is 5.32 Å². The summed E-state index contributed by atoms with van der Waals surface area (Å²) in [5, 5.41) is 12.6. The molecule has 0 spiro atoms. The summed E-state index contributed by atoms with van der Waals surface area (Å²) in [5.74, 6) is 0. The Morgan fingerprint density at radius 3 is 2.76 bits per heavy atom. The van der Waals surface area contributed by atoms with Gasteiger partial charge in [-0.2, -0.15) is 5.10 Å². The number of H-pyrrole nitrogens is 1. The van der Waals surface area contributed by atoms with Crippen molar-refractivity contribution in [1.82, 2.24) is 10.2 Å². The quantitative estimate of drug-likeness (QED) is 0.716. The third-order valence-corrected chi connectivity index (χ3v) is 2.80. The molecule has 0 bridgehead atoms. The van der Waals surface area contributed by atoms with Crippen LogP contribution in [0.1, 0.15) is 5.56 Å². The molecule has 0 aliphatic carbocycles. The highest BCUT2D eigenvalue weighted by Gasteiger charge is 1.97. The molecule has 84 valence electrons. The van der Waals surface area contributed by atoms with Crippen LogP contribution >= 0.6 is 0 Å². The summed E-state index contributed by atoms with van der Waals surface area (Å²) < 4.78 is 0. The van der Waals surface area contributed by atoms with Gasteiger partial charge >= 0.3 is 0 Å². The summed E-state index contributed by atoms with van der Waals surface area (Å²) in [6.45, 7) is 0.787. The minimum atomic E-state index is 0.787. The van der Waals surface area contributed by atoms with Crippen LogP contribution in [0.5, 0.6) is 0 Å². The van der Waals surface area contributed by atoms with Gasteiger partial charge in [-0.1, -0.05) is 30.3 Å². The number of anilines is 1. The number of aromatic nitrogens is 2. The van der Waals surface area contributed by atoms with Gasteiger partial charge in [-0.3, -0.25) is 5.10 Å². The maximum absolute atomic E-state index is 3.92. The zero-order valence-electron chi connectivity index (χ0n) is 9.35. The largest absolute Gasteiger partial charge is 0.381 e. The van der Waals surface area contributed by atoms with Gasteiger partial charge in [0.05, 0.1) is 6.20 Å². The van der Waals surface area contributed by atoms with E-state index < -0.39 is 0 Å². The van der Waals surface area contributed by atoms with Crippen LogP contribution in [-0.4, -0.2) is 10.2 Å². The summed E-state index contributed by atoms with van der Waals surface area (Å²) in [7, 11) is 0. The highest BCUT2D eigenvalue weighted by Crippen LogP contribution is 2.19. The fraction of sp³-hybridized carbons (Fsp3) is 0.0714. The summed E-state index contributed by atoms with van der Waals surface area (Å²) in [4.78, 5) is 0. The van der Waals surface area contributed by atoms with Crippen molar-refractivity contribution in [2.45, 2.75) is 6.54 Å². The smallest absolute Gasteiger partial charge is 0.0537 e. The first kappa shape index (κ1) is 9.90. The van der Waals surface area contributed by atoms with E-state index in [0.29, 0.717) is 0 Å². The van der Waals surface area contributed by atoms with Crippen LogP contribution in [-0.2, 0) is 6.54 Å². The molecule has 3 aromatic rings. The van der Waals surface area contributed by atoms with Crippen molar-refractivity contribution in [1.29, 1.82) is 0 Å². The molecule has 0 fully saturated rings. The van der Waals surface area contributed by atoms with Crippen LogP contribution < -0.4 is 5.32 Å². The number of nitrogens with one attached hydrogen (secondary N) is 2. The molecule has 17 heavy (non-hydrogen) atoms. The Bertz CT molecular complexity index is 614. The monoisotopic (exact) mass is 223 g/mol. The Balaban J connectivity index is 1.81. The van der Waals surface area contributed by atoms with Crippen molar-refractivity contribution >= 4 is 16.5 Å². The predicted octanol–water partition coefficient (Wildman–Crippen LogP) is 3.18. The van der Waals surface area contributed by atoms with Gasteiger partial charge in [-0.05, 0) is 22.9 Å². The number of aromatic amines is 1. The highest BCUT2D eigenvalue weighted by atomic mass is 15.1. The predicted molar refractivity (Wildman–Crippen MR) is 69.9 cm³/mol. The number of nitrogens with zero attached hydrogens (tertiary/aromatic N) is 1. The molecule has 2 aromatic carbocycles. The second kappa shape index (κ2) is 4.29. The lowest BCUT2D eigenvalue weighted by Gasteiger charge is -2.06. The average molecular weight is 223 g/mol. The van der Waals surface area contributed by atoms with Crippen LogP contribution in [0.15, 0.2) is 54.9 Å². The standard InChI is InChI=1S/C14H13N3/c1-2-4-13-7-14(6-5-12(13)3-1)15-8-11-9-16-17-10-11/h1-7,9-10,15H,8H2,(H,16,17). The van der Waals surface area contributed by atoms with Crippen molar-refractivity contribution < 1.29 is 0 Å². The fourth-order valence-corrected chi connectivity index (χ4v) is 1.88. The van der Waals surface area contributed by atoms with Crippen LogP contribution in [0.4, 0.5) is 5.69 Å². The van der Waals surface area contributed by atoms with Crippen molar-refractivity contribution in [2.75, 3.05) is 5.32 Å². The number of benzene rings is 2. The first-order valence-electron chi connectivity index (χ1n) is 5.62. The molecule has 1 aromatic heterocycles. The molecule has 1 heterocycles. The van der Waals surface area contributed by atoms with Crippen LogP contribution in [0.2, 0.25) is 0 Å². The van der Waals surface area contributed by atoms with E-state index in [9.17, 15) is 0 Å². The molecule has 0 radical (unpaired) electrons. The molecule has 0 aliphatic rings. The third-order valence-electron chi connectivity index (χ3n) is 2.80. The summed E-state index contributed by atoms with van der Waals surface area (Å²) in [5.41, 5.74) is 2.28. The van der Waals surface area contributed by atoms with Gasteiger partial charge in [0.15, 0.2) is 0 Å². The molecule has 0 amide bonds. The first-order valence-corrected chi connectivity index (χ1v) is 5.62. The molecule has 0 atom stereocenters. The first-order chi connectivity index (χ1) is 8.42. The van der Waals surface area contributed by atoms with Gasteiger partial charge in [0.25, 0.3) is 0 Å². The number of hydrogen-bond acceptors (Lipinski definition) is 2. The van der Waals surface area contributed by atoms with E-state index >= 15 is 0 Å². The number of rotatable bonds is 3. The van der Waals surface area contributed by atoms with E-state index in [-0.39, 0.29) is 0 Å². The molecule has 0 unspecified atom stereocenters. The molecule has 0 saturated carbocycles. The second-order valence-electron chi connectivity index (χ2n) is 4.02. The van der Waals surface area contributed by atoms with Crippen LogP contribution in [0.3, 0.4) is 0 Å². The van der Waals surface area contributed by atoms with E-state index in [0.717, 1.165) is 17.8 Å². The van der Waals surface area contributed by atoms with E-state index in [1.807, 2.05) is 12.4 Å². The summed E-state index contributed by atoms with van der Waals surface area (Å²) in [6, 6.07) is 14.8.